The fourth-order valence-corrected chi connectivity index (χ4v) is 2.48. The molecule has 4 nitrogen and oxygen atoms in total. The van der Waals surface area contributed by atoms with E-state index < -0.39 is 0 Å². The van der Waals surface area contributed by atoms with Crippen LogP contribution in [0, 0.1) is 0 Å². The molecular formula is C18H16O4. The van der Waals surface area contributed by atoms with Gasteiger partial charge in [0, 0.05) is 12.5 Å². The van der Waals surface area contributed by atoms with Crippen molar-refractivity contribution >= 4 is 16.9 Å². The zero-order chi connectivity index (χ0) is 15.5. The highest BCUT2D eigenvalue weighted by Crippen LogP contribution is 2.31. The van der Waals surface area contributed by atoms with Crippen LogP contribution in [0.3, 0.4) is 0 Å². The Morgan fingerprint density at radius 1 is 1.05 bits per heavy atom. The molecule has 0 aliphatic rings. The lowest BCUT2D eigenvalue weighted by Gasteiger charge is -2.12. The maximum Gasteiger partial charge on any atom is 0.337 e. The van der Waals surface area contributed by atoms with Crippen molar-refractivity contribution in [1.29, 1.82) is 0 Å². The molecule has 1 atom stereocenters. The molecular weight excluding hydrogens is 280 g/mol. The summed E-state index contributed by atoms with van der Waals surface area (Å²) >= 11 is 0. The summed E-state index contributed by atoms with van der Waals surface area (Å²) in [6, 6.07) is 16.9. The highest BCUT2D eigenvalue weighted by atomic mass is 16.5. The molecule has 0 bridgehead atoms. The molecule has 1 aromatic heterocycles. The molecule has 0 radical (unpaired) electrons. The molecule has 2 aromatic carbocycles. The van der Waals surface area contributed by atoms with Gasteiger partial charge in [0.25, 0.3) is 0 Å². The molecule has 0 fully saturated rings. The van der Waals surface area contributed by atoms with Crippen LogP contribution in [0.1, 0.15) is 27.8 Å². The number of furan rings is 1. The number of carbonyl (C=O) groups excluding carboxylic acids is 1. The number of hydrogen-bond donors (Lipinski definition) is 0. The number of benzene rings is 2. The molecule has 0 spiro atoms. The second-order valence-corrected chi connectivity index (χ2v) is 4.92. The van der Waals surface area contributed by atoms with Crippen LogP contribution < -0.4 is 0 Å². The minimum Gasteiger partial charge on any atom is -0.465 e. The molecule has 1 unspecified atom stereocenters. The predicted molar refractivity (Wildman–Crippen MR) is 82.8 cm³/mol. The number of esters is 1. The zero-order valence-electron chi connectivity index (χ0n) is 12.4. The molecule has 4 heteroatoms. The van der Waals surface area contributed by atoms with Crippen LogP contribution in [-0.4, -0.2) is 20.2 Å². The highest BCUT2D eigenvalue weighted by Gasteiger charge is 2.18. The van der Waals surface area contributed by atoms with Gasteiger partial charge in [0.15, 0.2) is 0 Å². The van der Waals surface area contributed by atoms with Gasteiger partial charge in [0.2, 0.25) is 0 Å². The maximum absolute atomic E-state index is 11.6. The Hall–Kier alpha value is -2.59. The van der Waals surface area contributed by atoms with E-state index in [-0.39, 0.29) is 12.1 Å². The van der Waals surface area contributed by atoms with Crippen LogP contribution in [0.5, 0.6) is 0 Å². The third-order valence-corrected chi connectivity index (χ3v) is 3.55. The molecule has 3 aromatic rings. The number of carbonyl (C=O) groups is 1. The van der Waals surface area contributed by atoms with Gasteiger partial charge in [-0.05, 0) is 29.8 Å². The minimum absolute atomic E-state index is 0.282. The Morgan fingerprint density at radius 3 is 2.50 bits per heavy atom. The van der Waals surface area contributed by atoms with Gasteiger partial charge >= 0.3 is 5.97 Å². The summed E-state index contributed by atoms with van der Waals surface area (Å²) in [5.74, 6) is 0.335. The molecule has 0 amide bonds. The van der Waals surface area contributed by atoms with Crippen LogP contribution in [0.2, 0.25) is 0 Å². The van der Waals surface area contributed by atoms with Crippen LogP contribution >= 0.6 is 0 Å². The van der Waals surface area contributed by atoms with Crippen molar-refractivity contribution in [3.8, 4) is 0 Å². The molecule has 0 saturated heterocycles. The lowest BCUT2D eigenvalue weighted by atomic mass is 10.1. The normalized spacial score (nSPS) is 12.3. The highest BCUT2D eigenvalue weighted by molar-refractivity contribution is 5.94. The fourth-order valence-electron chi connectivity index (χ4n) is 2.48. The smallest absolute Gasteiger partial charge is 0.337 e. The number of ether oxygens (including phenoxy) is 2. The van der Waals surface area contributed by atoms with Crippen LogP contribution in [0.15, 0.2) is 59.0 Å². The quantitative estimate of drug-likeness (QED) is 0.684. The summed E-state index contributed by atoms with van der Waals surface area (Å²) in [4.78, 5) is 11.6. The van der Waals surface area contributed by atoms with Gasteiger partial charge in [-0.2, -0.15) is 0 Å². The topological polar surface area (TPSA) is 48.7 Å². The van der Waals surface area contributed by atoms with Crippen molar-refractivity contribution < 1.29 is 18.7 Å². The standard InChI is InChI=1S/C18H16O4/c1-20-17(12-6-4-3-5-7-12)16-11-14-10-13(18(19)21-2)8-9-15(14)22-16/h3-11,17H,1-2H3. The summed E-state index contributed by atoms with van der Waals surface area (Å²) in [7, 11) is 3.01. The van der Waals surface area contributed by atoms with Crippen molar-refractivity contribution in [1.82, 2.24) is 0 Å². The lowest BCUT2D eigenvalue weighted by molar-refractivity contribution is 0.0601. The van der Waals surface area contributed by atoms with Crippen molar-refractivity contribution in [2.75, 3.05) is 14.2 Å². The van der Waals surface area contributed by atoms with Crippen molar-refractivity contribution in [2.24, 2.45) is 0 Å². The maximum atomic E-state index is 11.6. The Bertz CT molecular complexity index is 789. The first-order valence-corrected chi connectivity index (χ1v) is 6.92. The van der Waals surface area contributed by atoms with Gasteiger partial charge in [0.05, 0.1) is 12.7 Å². The van der Waals surface area contributed by atoms with E-state index in [1.54, 1.807) is 25.3 Å². The third kappa shape index (κ3) is 2.61. The van der Waals surface area contributed by atoms with Gasteiger partial charge < -0.3 is 13.9 Å². The van der Waals surface area contributed by atoms with E-state index in [9.17, 15) is 4.79 Å². The van der Waals surface area contributed by atoms with E-state index in [1.165, 1.54) is 7.11 Å². The number of methoxy groups -OCH3 is 2. The second kappa shape index (κ2) is 6.03. The first-order chi connectivity index (χ1) is 10.7. The molecule has 112 valence electrons. The minimum atomic E-state index is -0.365. The average molecular weight is 296 g/mol. The molecule has 3 rings (SSSR count). The Labute approximate surface area is 128 Å². The van der Waals surface area contributed by atoms with Gasteiger partial charge in [-0.3, -0.25) is 0 Å². The molecule has 0 aliphatic heterocycles. The molecule has 0 saturated carbocycles. The monoisotopic (exact) mass is 296 g/mol. The van der Waals surface area contributed by atoms with Gasteiger partial charge in [0.1, 0.15) is 17.4 Å². The first-order valence-electron chi connectivity index (χ1n) is 6.92. The molecule has 1 heterocycles. The Morgan fingerprint density at radius 2 is 1.82 bits per heavy atom. The molecule has 0 aliphatic carbocycles. The van der Waals surface area contributed by atoms with E-state index in [2.05, 4.69) is 0 Å². The van der Waals surface area contributed by atoms with Crippen molar-refractivity contribution in [3.63, 3.8) is 0 Å². The summed E-state index contributed by atoms with van der Waals surface area (Å²) < 4.78 is 16.2. The van der Waals surface area contributed by atoms with Crippen LogP contribution in [0.4, 0.5) is 0 Å². The SMILES string of the molecule is COC(=O)c1ccc2oc(C(OC)c3ccccc3)cc2c1. The van der Waals surface area contributed by atoms with Crippen molar-refractivity contribution in [2.45, 2.75) is 6.10 Å². The largest absolute Gasteiger partial charge is 0.465 e. The van der Waals surface area contributed by atoms with E-state index in [1.807, 2.05) is 36.4 Å². The van der Waals surface area contributed by atoms with E-state index in [0.29, 0.717) is 16.9 Å². The van der Waals surface area contributed by atoms with Crippen LogP contribution in [0.25, 0.3) is 11.0 Å². The average Bonchev–Trinajstić information content (AvgIpc) is 2.98. The second-order valence-electron chi connectivity index (χ2n) is 4.92. The number of fused-ring (bicyclic) bond motifs is 1. The fraction of sp³-hybridized carbons (Fsp3) is 0.167. The van der Waals surface area contributed by atoms with E-state index >= 15 is 0 Å². The summed E-state index contributed by atoms with van der Waals surface area (Å²) in [5, 5.41) is 0.843. The summed E-state index contributed by atoms with van der Waals surface area (Å²) in [5.41, 5.74) is 2.22. The van der Waals surface area contributed by atoms with Gasteiger partial charge in [-0.25, -0.2) is 4.79 Å². The lowest BCUT2D eigenvalue weighted by Crippen LogP contribution is -2.01. The molecule has 22 heavy (non-hydrogen) atoms. The Kier molecular flexibility index (Phi) is 3.94. The summed E-state index contributed by atoms with van der Waals surface area (Å²) in [6.45, 7) is 0. The third-order valence-electron chi connectivity index (χ3n) is 3.55. The zero-order valence-corrected chi connectivity index (χ0v) is 12.4. The number of hydrogen-bond acceptors (Lipinski definition) is 4. The van der Waals surface area contributed by atoms with Gasteiger partial charge in [-0.15, -0.1) is 0 Å². The van der Waals surface area contributed by atoms with E-state index in [0.717, 1.165) is 10.9 Å². The first kappa shape index (κ1) is 14.4. The number of rotatable bonds is 4. The molecule has 0 N–H and O–H groups in total. The Balaban J connectivity index is 2.02. The van der Waals surface area contributed by atoms with E-state index in [4.69, 9.17) is 13.9 Å². The van der Waals surface area contributed by atoms with Gasteiger partial charge in [-0.1, -0.05) is 30.3 Å². The summed E-state index contributed by atoms with van der Waals surface area (Å²) in [6.07, 6.45) is -0.282. The predicted octanol–water partition coefficient (Wildman–Crippen LogP) is 3.96. The van der Waals surface area contributed by atoms with Crippen molar-refractivity contribution in [3.05, 3.63) is 71.5 Å². The van der Waals surface area contributed by atoms with Crippen LogP contribution in [-0.2, 0) is 9.47 Å².